The van der Waals surface area contributed by atoms with Crippen LogP contribution in [0.1, 0.15) is 18.1 Å². The van der Waals surface area contributed by atoms with E-state index in [1.54, 1.807) is 12.1 Å². The van der Waals surface area contributed by atoms with E-state index in [1.165, 1.54) is 0 Å². The largest absolute Gasteiger partial charge is 0.456 e. The van der Waals surface area contributed by atoms with Crippen LogP contribution in [0.4, 0.5) is 11.4 Å². The molecule has 0 aliphatic carbocycles. The Bertz CT molecular complexity index is 1320. The Morgan fingerprint density at radius 1 is 1.07 bits per heavy atom. The van der Waals surface area contributed by atoms with Crippen molar-refractivity contribution < 1.29 is 14.3 Å². The van der Waals surface area contributed by atoms with Gasteiger partial charge in [-0.3, -0.25) is 0 Å². The van der Waals surface area contributed by atoms with E-state index in [0.29, 0.717) is 45.1 Å². The van der Waals surface area contributed by atoms with Gasteiger partial charge in [0.2, 0.25) is 0 Å². The van der Waals surface area contributed by atoms with E-state index in [9.17, 15) is 4.79 Å². The molecular weight excluding hydrogens is 376 g/mol. The Morgan fingerprint density at radius 2 is 1.87 bits per heavy atom. The molecule has 1 spiro atoms. The van der Waals surface area contributed by atoms with Crippen molar-refractivity contribution in [1.82, 2.24) is 0 Å². The molecule has 148 valence electrons. The minimum Gasteiger partial charge on any atom is -0.456 e. The quantitative estimate of drug-likeness (QED) is 0.344. The van der Waals surface area contributed by atoms with Crippen molar-refractivity contribution in [1.29, 1.82) is 0 Å². The van der Waals surface area contributed by atoms with Crippen LogP contribution in [0.25, 0.3) is 10.8 Å². The summed E-state index contributed by atoms with van der Waals surface area (Å²) >= 11 is 0. The number of rotatable bonds is 1. The van der Waals surface area contributed by atoms with Gasteiger partial charge in [0.05, 0.1) is 5.57 Å². The molecule has 3 aromatic carbocycles. The van der Waals surface area contributed by atoms with Crippen molar-refractivity contribution in [3.05, 3.63) is 95.6 Å². The van der Waals surface area contributed by atoms with Crippen molar-refractivity contribution in [3.8, 4) is 11.5 Å². The van der Waals surface area contributed by atoms with E-state index in [2.05, 4.69) is 6.58 Å². The minimum absolute atomic E-state index is 0.310. The second kappa shape index (κ2) is 6.26. The summed E-state index contributed by atoms with van der Waals surface area (Å²) in [6.45, 7) is 5.90. The summed E-state index contributed by atoms with van der Waals surface area (Å²) < 4.78 is 12.4. The van der Waals surface area contributed by atoms with Crippen molar-refractivity contribution in [2.75, 3.05) is 11.5 Å². The molecule has 0 amide bonds. The Kier molecular flexibility index (Phi) is 3.77. The molecule has 0 aromatic heterocycles. The van der Waals surface area contributed by atoms with Crippen LogP contribution in [0.3, 0.4) is 0 Å². The smallest absolute Gasteiger partial charge is 0.339 e. The van der Waals surface area contributed by atoms with Crippen LogP contribution in [-0.2, 0) is 15.1 Å². The van der Waals surface area contributed by atoms with E-state index in [0.717, 1.165) is 10.8 Å². The zero-order chi connectivity index (χ0) is 21.0. The predicted octanol–water partition coefficient (Wildman–Crippen LogP) is 4.97. The van der Waals surface area contributed by atoms with Crippen molar-refractivity contribution in [2.45, 2.75) is 12.5 Å². The standard InChI is InChI=1S/C25H20N2O3/c1-3-4-7-17-14(2)24(28)30-25(17)18-12-10-16(26)13-21(18)29-23-19(25)11-9-15-6-5-8-20(27)22(15)23/h3-13H,2,26-27H2,1H3/b4-3-,17-7+. The average molecular weight is 396 g/mol. The number of allylic oxidation sites excluding steroid dienone is 3. The van der Waals surface area contributed by atoms with Gasteiger partial charge >= 0.3 is 5.97 Å². The van der Waals surface area contributed by atoms with Gasteiger partial charge in [0.15, 0.2) is 5.60 Å². The average Bonchev–Trinajstić information content (AvgIpc) is 2.97. The summed E-state index contributed by atoms with van der Waals surface area (Å²) in [6, 6.07) is 14.9. The highest BCUT2D eigenvalue weighted by atomic mass is 16.6. The summed E-state index contributed by atoms with van der Waals surface area (Å²) in [5.74, 6) is 0.604. The summed E-state index contributed by atoms with van der Waals surface area (Å²) in [7, 11) is 0. The Labute approximate surface area is 173 Å². The maximum Gasteiger partial charge on any atom is 0.339 e. The third-order valence-electron chi connectivity index (χ3n) is 5.66. The first-order valence-electron chi connectivity index (χ1n) is 9.63. The molecule has 1 fully saturated rings. The Balaban J connectivity index is 1.95. The molecule has 0 bridgehead atoms. The molecule has 30 heavy (non-hydrogen) atoms. The summed E-state index contributed by atoms with van der Waals surface area (Å²) in [6.07, 6.45) is 5.62. The molecule has 0 radical (unpaired) electrons. The van der Waals surface area contributed by atoms with Crippen LogP contribution in [0.2, 0.25) is 0 Å². The lowest BCUT2D eigenvalue weighted by Gasteiger charge is -2.37. The molecule has 5 nitrogen and oxygen atoms in total. The third-order valence-corrected chi connectivity index (χ3v) is 5.66. The van der Waals surface area contributed by atoms with Crippen LogP contribution < -0.4 is 16.2 Å². The highest BCUT2D eigenvalue weighted by Gasteiger charge is 2.55. The fourth-order valence-electron chi connectivity index (χ4n) is 4.31. The van der Waals surface area contributed by atoms with Crippen molar-refractivity contribution in [3.63, 3.8) is 0 Å². The summed E-state index contributed by atoms with van der Waals surface area (Å²) in [5.41, 5.74) is 14.7. The first kappa shape index (κ1) is 18.1. The molecule has 5 rings (SSSR count). The summed E-state index contributed by atoms with van der Waals surface area (Å²) in [4.78, 5) is 12.8. The molecule has 2 heterocycles. The lowest BCUT2D eigenvalue weighted by Crippen LogP contribution is -2.33. The van der Waals surface area contributed by atoms with Gasteiger partial charge in [-0.25, -0.2) is 4.79 Å². The van der Waals surface area contributed by atoms with E-state index in [1.807, 2.05) is 61.5 Å². The van der Waals surface area contributed by atoms with E-state index < -0.39 is 11.6 Å². The third kappa shape index (κ3) is 2.26. The first-order chi connectivity index (χ1) is 14.5. The summed E-state index contributed by atoms with van der Waals surface area (Å²) in [5, 5.41) is 1.69. The van der Waals surface area contributed by atoms with Crippen LogP contribution in [0, 0.1) is 0 Å². The van der Waals surface area contributed by atoms with E-state index in [-0.39, 0.29) is 0 Å². The topological polar surface area (TPSA) is 87.6 Å². The second-order valence-electron chi connectivity index (χ2n) is 7.40. The number of esters is 1. The zero-order valence-corrected chi connectivity index (χ0v) is 16.4. The van der Waals surface area contributed by atoms with Crippen molar-refractivity contribution >= 4 is 28.1 Å². The predicted molar refractivity (Wildman–Crippen MR) is 118 cm³/mol. The maximum absolute atomic E-state index is 12.8. The number of benzene rings is 3. The first-order valence-corrected chi connectivity index (χ1v) is 9.63. The van der Waals surface area contributed by atoms with Gasteiger partial charge in [-0.05, 0) is 36.6 Å². The van der Waals surface area contributed by atoms with Gasteiger partial charge in [-0.15, -0.1) is 0 Å². The monoisotopic (exact) mass is 396 g/mol. The molecule has 1 saturated heterocycles. The molecule has 5 heteroatoms. The number of nitrogen functional groups attached to an aromatic ring is 2. The molecule has 3 aromatic rings. The molecule has 2 aliphatic rings. The fraction of sp³-hybridized carbons (Fsp3) is 0.0800. The van der Waals surface area contributed by atoms with Gasteiger partial charge in [0, 0.05) is 39.5 Å². The minimum atomic E-state index is -1.19. The van der Waals surface area contributed by atoms with Crippen LogP contribution in [0.5, 0.6) is 11.5 Å². The highest BCUT2D eigenvalue weighted by molar-refractivity contribution is 6.03. The molecule has 1 atom stereocenters. The number of nitrogens with two attached hydrogens (primary N) is 2. The van der Waals surface area contributed by atoms with Gasteiger partial charge < -0.3 is 20.9 Å². The molecule has 0 saturated carbocycles. The van der Waals surface area contributed by atoms with E-state index in [4.69, 9.17) is 20.9 Å². The van der Waals surface area contributed by atoms with Gasteiger partial charge in [-0.1, -0.05) is 43.0 Å². The number of hydrogen-bond acceptors (Lipinski definition) is 5. The molecular formula is C25H20N2O3. The maximum atomic E-state index is 12.8. The lowest BCUT2D eigenvalue weighted by atomic mass is 9.76. The normalized spacial score (nSPS) is 21.2. The number of ether oxygens (including phenoxy) is 2. The number of hydrogen-bond donors (Lipinski definition) is 2. The fourth-order valence-corrected chi connectivity index (χ4v) is 4.31. The number of fused-ring (bicyclic) bond motifs is 6. The molecule has 2 aliphatic heterocycles. The van der Waals surface area contributed by atoms with Gasteiger partial charge in [-0.2, -0.15) is 0 Å². The second-order valence-corrected chi connectivity index (χ2v) is 7.40. The lowest BCUT2D eigenvalue weighted by molar-refractivity contribution is -0.143. The van der Waals surface area contributed by atoms with Crippen LogP contribution in [-0.4, -0.2) is 5.97 Å². The SMILES string of the molecule is C=C1C(=O)OC2(/C1=C/C=C\C)c1ccc(N)cc1Oc1c2ccc2cccc(N)c12. The van der Waals surface area contributed by atoms with Crippen molar-refractivity contribution in [2.24, 2.45) is 0 Å². The Hall–Kier alpha value is -3.99. The zero-order valence-electron chi connectivity index (χ0n) is 16.4. The number of carbonyl (C=O) groups excluding carboxylic acids is 1. The van der Waals surface area contributed by atoms with Gasteiger partial charge in [0.1, 0.15) is 11.5 Å². The number of anilines is 2. The Morgan fingerprint density at radius 3 is 2.67 bits per heavy atom. The van der Waals surface area contributed by atoms with E-state index >= 15 is 0 Å². The van der Waals surface area contributed by atoms with Gasteiger partial charge in [0.25, 0.3) is 0 Å². The van der Waals surface area contributed by atoms with Crippen LogP contribution in [0.15, 0.2) is 84.5 Å². The van der Waals surface area contributed by atoms with Crippen LogP contribution >= 0.6 is 0 Å². The number of carbonyl (C=O) groups is 1. The molecule has 1 unspecified atom stereocenters. The molecule has 4 N–H and O–H groups in total. The highest BCUT2D eigenvalue weighted by Crippen LogP contribution is 2.59.